The van der Waals surface area contributed by atoms with Crippen LogP contribution in [0.25, 0.3) is 0 Å². The predicted molar refractivity (Wildman–Crippen MR) is 80.2 cm³/mol. The first-order chi connectivity index (χ1) is 9.93. The maximum Gasteiger partial charge on any atom is 0.332 e. The van der Waals surface area contributed by atoms with Crippen LogP contribution in [0.1, 0.15) is 18.5 Å². The lowest BCUT2D eigenvalue weighted by Gasteiger charge is -2.36. The molecule has 3 N–H and O–H groups in total. The van der Waals surface area contributed by atoms with Gasteiger partial charge in [0.2, 0.25) is 11.8 Å². The van der Waals surface area contributed by atoms with E-state index in [2.05, 4.69) is 20.3 Å². The number of aromatic nitrogens is 2. The number of nitrogens with two attached hydrogens (primary N) is 1. The van der Waals surface area contributed by atoms with Crippen LogP contribution in [0.5, 0.6) is 0 Å². The molecular formula is C12H21N7O2. The van der Waals surface area contributed by atoms with E-state index in [4.69, 9.17) is 5.84 Å². The minimum atomic E-state index is -0.426. The van der Waals surface area contributed by atoms with Crippen LogP contribution in [0.3, 0.4) is 0 Å². The molecule has 0 amide bonds. The Morgan fingerprint density at radius 1 is 1.48 bits per heavy atom. The Balaban J connectivity index is 2.41. The fourth-order valence-electron chi connectivity index (χ4n) is 2.62. The van der Waals surface area contributed by atoms with Crippen LogP contribution in [0.15, 0.2) is 0 Å². The Hall–Kier alpha value is -2.00. The lowest BCUT2D eigenvalue weighted by Crippen LogP contribution is -2.45. The third-order valence-electron chi connectivity index (χ3n) is 3.78. The van der Waals surface area contributed by atoms with Crippen molar-refractivity contribution < 1.29 is 4.92 Å². The zero-order valence-corrected chi connectivity index (χ0v) is 12.5. The largest absolute Gasteiger partial charge is 0.349 e. The van der Waals surface area contributed by atoms with Crippen LogP contribution in [0, 0.1) is 17.0 Å². The molecule has 9 nitrogen and oxygen atoms in total. The summed E-state index contributed by atoms with van der Waals surface area (Å²) in [5.74, 6) is 5.88. The molecule has 9 heteroatoms. The van der Waals surface area contributed by atoms with Gasteiger partial charge in [0, 0.05) is 19.1 Å². The minimum absolute atomic E-state index is 0.0478. The van der Waals surface area contributed by atoms with E-state index in [0.29, 0.717) is 24.1 Å². The Bertz CT molecular complexity index is 535. The first-order valence-corrected chi connectivity index (χ1v) is 6.85. The summed E-state index contributed by atoms with van der Waals surface area (Å²) in [6.07, 6.45) is 2.04. The second kappa shape index (κ2) is 6.19. The van der Waals surface area contributed by atoms with E-state index >= 15 is 0 Å². The maximum atomic E-state index is 11.3. The number of aryl methyl sites for hydroxylation is 1. The van der Waals surface area contributed by atoms with Crippen molar-refractivity contribution in [1.29, 1.82) is 0 Å². The van der Waals surface area contributed by atoms with Gasteiger partial charge in [-0.25, -0.2) is 10.8 Å². The standard InChI is InChI=1S/C12H21N7O2/c1-8-10(19(20)21)11(15-12(14-8)16-13)18-6-4-5-9(7-18)17(2)3/h9H,4-7,13H2,1-3H3,(H,14,15,16). The molecule has 1 aliphatic rings. The first kappa shape index (κ1) is 15.4. The molecule has 1 fully saturated rings. The van der Waals surface area contributed by atoms with Gasteiger partial charge in [-0.15, -0.1) is 0 Å². The number of hydrazine groups is 1. The summed E-state index contributed by atoms with van der Waals surface area (Å²) in [4.78, 5) is 23.2. The fraction of sp³-hybridized carbons (Fsp3) is 0.667. The summed E-state index contributed by atoms with van der Waals surface area (Å²) in [6, 6.07) is 0.350. The molecule has 1 aromatic heterocycles. The van der Waals surface area contributed by atoms with E-state index in [1.807, 2.05) is 19.0 Å². The molecule has 21 heavy (non-hydrogen) atoms. The van der Waals surface area contributed by atoms with Crippen molar-refractivity contribution in [3.05, 3.63) is 15.8 Å². The summed E-state index contributed by atoms with van der Waals surface area (Å²) in [7, 11) is 4.03. The van der Waals surface area contributed by atoms with Crippen LogP contribution in [-0.4, -0.2) is 53.0 Å². The van der Waals surface area contributed by atoms with E-state index in [0.717, 1.165) is 19.4 Å². The fourth-order valence-corrected chi connectivity index (χ4v) is 2.62. The molecule has 1 aliphatic heterocycles. The number of anilines is 2. The summed E-state index contributed by atoms with van der Waals surface area (Å²) in [5, 5.41) is 11.3. The van der Waals surface area contributed by atoms with Gasteiger partial charge in [-0.3, -0.25) is 15.5 Å². The average molecular weight is 295 g/mol. The van der Waals surface area contributed by atoms with Gasteiger partial charge >= 0.3 is 5.69 Å². The molecule has 1 saturated heterocycles. The number of hydrogen-bond acceptors (Lipinski definition) is 8. The second-order valence-corrected chi connectivity index (χ2v) is 5.41. The van der Waals surface area contributed by atoms with Gasteiger partial charge in [-0.1, -0.05) is 0 Å². The molecule has 116 valence electrons. The summed E-state index contributed by atoms with van der Waals surface area (Å²) in [5.41, 5.74) is 2.63. The van der Waals surface area contributed by atoms with Gasteiger partial charge in [-0.2, -0.15) is 4.98 Å². The molecule has 0 aliphatic carbocycles. The van der Waals surface area contributed by atoms with E-state index < -0.39 is 4.92 Å². The second-order valence-electron chi connectivity index (χ2n) is 5.41. The third kappa shape index (κ3) is 3.19. The number of nitrogens with one attached hydrogen (secondary N) is 1. The number of piperidine rings is 1. The molecule has 1 unspecified atom stereocenters. The van der Waals surface area contributed by atoms with Crippen molar-refractivity contribution in [2.45, 2.75) is 25.8 Å². The Morgan fingerprint density at radius 3 is 2.76 bits per heavy atom. The van der Waals surface area contributed by atoms with E-state index in [9.17, 15) is 10.1 Å². The minimum Gasteiger partial charge on any atom is -0.349 e. The molecule has 1 aromatic rings. The molecule has 0 saturated carbocycles. The van der Waals surface area contributed by atoms with Crippen molar-refractivity contribution in [2.75, 3.05) is 37.5 Å². The van der Waals surface area contributed by atoms with Crippen LogP contribution in [0.4, 0.5) is 17.5 Å². The monoisotopic (exact) mass is 295 g/mol. The summed E-state index contributed by atoms with van der Waals surface area (Å²) in [6.45, 7) is 3.04. The normalized spacial score (nSPS) is 18.9. The van der Waals surface area contributed by atoms with Crippen molar-refractivity contribution >= 4 is 17.5 Å². The lowest BCUT2D eigenvalue weighted by atomic mass is 10.0. The van der Waals surface area contributed by atoms with Crippen molar-refractivity contribution in [2.24, 2.45) is 5.84 Å². The summed E-state index contributed by atoms with van der Waals surface area (Å²) < 4.78 is 0. The molecule has 1 atom stereocenters. The first-order valence-electron chi connectivity index (χ1n) is 6.85. The van der Waals surface area contributed by atoms with Crippen LogP contribution in [0.2, 0.25) is 0 Å². The molecule has 0 radical (unpaired) electrons. The average Bonchev–Trinajstić information content (AvgIpc) is 2.45. The Morgan fingerprint density at radius 2 is 2.19 bits per heavy atom. The Labute approximate surface area is 123 Å². The molecule has 2 heterocycles. The van der Waals surface area contributed by atoms with Crippen molar-refractivity contribution in [3.8, 4) is 0 Å². The highest BCUT2D eigenvalue weighted by Crippen LogP contribution is 2.31. The van der Waals surface area contributed by atoms with Crippen molar-refractivity contribution in [3.63, 3.8) is 0 Å². The molecular weight excluding hydrogens is 274 g/mol. The van der Waals surface area contributed by atoms with Gasteiger partial charge in [-0.05, 0) is 33.9 Å². The number of nitrogen functional groups attached to an aromatic ring is 1. The maximum absolute atomic E-state index is 11.3. The number of likely N-dealkylation sites (N-methyl/N-ethyl adjacent to an activating group) is 1. The number of rotatable bonds is 4. The molecule has 0 spiro atoms. The van der Waals surface area contributed by atoms with Crippen molar-refractivity contribution in [1.82, 2.24) is 14.9 Å². The lowest BCUT2D eigenvalue weighted by molar-refractivity contribution is -0.385. The number of hydrogen-bond donors (Lipinski definition) is 2. The SMILES string of the molecule is Cc1nc(NN)nc(N2CCCC(N(C)C)C2)c1[N+](=O)[O-]. The van der Waals surface area contributed by atoms with Crippen LogP contribution in [-0.2, 0) is 0 Å². The highest BCUT2D eigenvalue weighted by molar-refractivity contribution is 5.62. The predicted octanol–water partition coefficient (Wildman–Crippen LogP) is 0.509. The van der Waals surface area contributed by atoms with Crippen LogP contribution >= 0.6 is 0 Å². The molecule has 0 bridgehead atoms. The number of nitrogens with zero attached hydrogens (tertiary/aromatic N) is 5. The smallest absolute Gasteiger partial charge is 0.332 e. The quantitative estimate of drug-likeness (QED) is 0.469. The van der Waals surface area contributed by atoms with Crippen LogP contribution < -0.4 is 16.2 Å². The van der Waals surface area contributed by atoms with Gasteiger partial charge in [0.15, 0.2) is 0 Å². The topological polar surface area (TPSA) is 113 Å². The van der Waals surface area contributed by atoms with E-state index in [-0.39, 0.29) is 11.6 Å². The Kier molecular flexibility index (Phi) is 4.53. The number of nitro groups is 1. The summed E-state index contributed by atoms with van der Waals surface area (Å²) >= 11 is 0. The zero-order chi connectivity index (χ0) is 15.6. The van der Waals surface area contributed by atoms with E-state index in [1.54, 1.807) is 6.92 Å². The van der Waals surface area contributed by atoms with Gasteiger partial charge in [0.25, 0.3) is 0 Å². The highest BCUT2D eigenvalue weighted by atomic mass is 16.6. The van der Waals surface area contributed by atoms with Gasteiger partial charge < -0.3 is 9.80 Å². The molecule has 2 rings (SSSR count). The highest BCUT2D eigenvalue weighted by Gasteiger charge is 2.30. The van der Waals surface area contributed by atoms with E-state index in [1.165, 1.54) is 0 Å². The van der Waals surface area contributed by atoms with Gasteiger partial charge in [0.1, 0.15) is 5.69 Å². The molecule has 0 aromatic carbocycles. The van der Waals surface area contributed by atoms with Gasteiger partial charge in [0.05, 0.1) is 4.92 Å². The zero-order valence-electron chi connectivity index (χ0n) is 12.5. The third-order valence-corrected chi connectivity index (χ3v) is 3.78.